The van der Waals surface area contributed by atoms with Gasteiger partial charge >= 0.3 is 0 Å². The number of hydrogen-bond acceptors (Lipinski definition) is 3. The standard InChI is InChI=1S/C14H15ClN2OS/c1-10(19-14(18)13-8-16-9-17-13)6-7-11-4-2-3-5-12(11)15/h2-5,8-10H,6-7H2,1H3,(H,16,17). The maximum atomic E-state index is 11.9. The fourth-order valence-electron chi connectivity index (χ4n) is 1.73. The molecule has 2 aromatic rings. The van der Waals surface area contributed by atoms with Crippen LogP contribution in [0.3, 0.4) is 0 Å². The van der Waals surface area contributed by atoms with Gasteiger partial charge < -0.3 is 4.98 Å². The van der Waals surface area contributed by atoms with Crippen LogP contribution in [0.5, 0.6) is 0 Å². The van der Waals surface area contributed by atoms with Crippen molar-refractivity contribution in [1.29, 1.82) is 0 Å². The first-order valence-corrected chi connectivity index (χ1v) is 7.35. The quantitative estimate of drug-likeness (QED) is 0.908. The minimum atomic E-state index is 0.0316. The molecule has 0 fully saturated rings. The van der Waals surface area contributed by atoms with E-state index in [2.05, 4.69) is 16.9 Å². The van der Waals surface area contributed by atoms with Gasteiger partial charge in [-0.1, -0.05) is 48.5 Å². The number of imidazole rings is 1. The smallest absolute Gasteiger partial charge is 0.237 e. The third-order valence-electron chi connectivity index (χ3n) is 2.80. The summed E-state index contributed by atoms with van der Waals surface area (Å²) >= 11 is 7.44. The third kappa shape index (κ3) is 4.11. The van der Waals surface area contributed by atoms with Crippen molar-refractivity contribution in [2.45, 2.75) is 25.0 Å². The average Bonchev–Trinajstić information content (AvgIpc) is 2.91. The van der Waals surface area contributed by atoms with Gasteiger partial charge in [0.15, 0.2) is 0 Å². The van der Waals surface area contributed by atoms with Gasteiger partial charge in [-0.05, 0) is 24.5 Å². The summed E-state index contributed by atoms with van der Waals surface area (Å²) < 4.78 is 0. The molecule has 19 heavy (non-hydrogen) atoms. The minimum Gasteiger partial charge on any atom is -0.341 e. The number of nitrogens with one attached hydrogen (secondary N) is 1. The number of halogens is 1. The van der Waals surface area contributed by atoms with E-state index in [1.165, 1.54) is 18.1 Å². The van der Waals surface area contributed by atoms with Crippen LogP contribution < -0.4 is 0 Å². The first-order valence-electron chi connectivity index (χ1n) is 6.09. The number of aromatic amines is 1. The van der Waals surface area contributed by atoms with Gasteiger partial charge in [0.2, 0.25) is 5.12 Å². The number of rotatable bonds is 5. The fraction of sp³-hybridized carbons (Fsp3) is 0.286. The summed E-state index contributed by atoms with van der Waals surface area (Å²) in [5, 5.41) is 1.07. The molecule has 0 aliphatic rings. The van der Waals surface area contributed by atoms with Crippen molar-refractivity contribution in [3.8, 4) is 0 Å². The van der Waals surface area contributed by atoms with E-state index in [9.17, 15) is 4.79 Å². The second-order valence-corrected chi connectivity index (χ2v) is 6.13. The minimum absolute atomic E-state index is 0.0316. The third-order valence-corrected chi connectivity index (χ3v) is 4.25. The zero-order valence-electron chi connectivity index (χ0n) is 10.6. The van der Waals surface area contributed by atoms with Crippen LogP contribution >= 0.6 is 23.4 Å². The first kappa shape index (κ1) is 14.2. The van der Waals surface area contributed by atoms with Gasteiger partial charge in [0.05, 0.1) is 12.5 Å². The molecule has 0 aliphatic carbocycles. The Morgan fingerprint density at radius 1 is 1.47 bits per heavy atom. The SMILES string of the molecule is CC(CCc1ccccc1Cl)SC(=O)c1cnc[nH]1. The van der Waals surface area contributed by atoms with Gasteiger partial charge in [-0.15, -0.1) is 0 Å². The highest BCUT2D eigenvalue weighted by atomic mass is 35.5. The van der Waals surface area contributed by atoms with Crippen molar-refractivity contribution < 1.29 is 4.79 Å². The fourth-order valence-corrected chi connectivity index (χ4v) is 2.80. The number of thioether (sulfide) groups is 1. The zero-order chi connectivity index (χ0) is 13.7. The predicted octanol–water partition coefficient (Wildman–Crippen LogP) is 3.96. The Morgan fingerprint density at radius 2 is 2.26 bits per heavy atom. The number of carbonyl (C=O) groups excluding carboxylic acids is 1. The summed E-state index contributed by atoms with van der Waals surface area (Å²) in [6.45, 7) is 2.05. The summed E-state index contributed by atoms with van der Waals surface area (Å²) in [5.74, 6) is 0. The highest BCUT2D eigenvalue weighted by Gasteiger charge is 2.13. The molecule has 3 nitrogen and oxygen atoms in total. The van der Waals surface area contributed by atoms with Crippen molar-refractivity contribution in [1.82, 2.24) is 9.97 Å². The van der Waals surface area contributed by atoms with E-state index in [1.54, 1.807) is 6.20 Å². The predicted molar refractivity (Wildman–Crippen MR) is 79.7 cm³/mol. The number of aromatic nitrogens is 2. The van der Waals surface area contributed by atoms with Crippen molar-refractivity contribution in [2.75, 3.05) is 0 Å². The Labute approximate surface area is 121 Å². The molecule has 2 rings (SSSR count). The number of hydrogen-bond donors (Lipinski definition) is 1. The summed E-state index contributed by atoms with van der Waals surface area (Å²) in [4.78, 5) is 18.5. The van der Waals surface area contributed by atoms with Gasteiger partial charge in [-0.25, -0.2) is 4.98 Å². The number of carbonyl (C=O) groups is 1. The summed E-state index contributed by atoms with van der Waals surface area (Å²) in [7, 11) is 0. The molecule has 1 N–H and O–H groups in total. The van der Waals surface area contributed by atoms with Gasteiger partial charge in [-0.2, -0.15) is 0 Å². The van der Waals surface area contributed by atoms with Gasteiger partial charge in [0.1, 0.15) is 5.69 Å². The number of aryl methyl sites for hydroxylation is 1. The Balaban J connectivity index is 1.84. The molecular formula is C14H15ClN2OS. The normalized spacial score (nSPS) is 12.3. The maximum Gasteiger partial charge on any atom is 0.237 e. The van der Waals surface area contributed by atoms with Crippen LogP contribution in [0, 0.1) is 0 Å². The molecule has 1 aromatic heterocycles. The lowest BCUT2D eigenvalue weighted by molar-refractivity contribution is 0.108. The maximum absolute atomic E-state index is 11.9. The van der Waals surface area contributed by atoms with E-state index >= 15 is 0 Å². The van der Waals surface area contributed by atoms with Crippen molar-refractivity contribution >= 4 is 28.5 Å². The average molecular weight is 295 g/mol. The van der Waals surface area contributed by atoms with Crippen molar-refractivity contribution in [2.24, 2.45) is 0 Å². The largest absolute Gasteiger partial charge is 0.341 e. The van der Waals surface area contributed by atoms with Gasteiger partial charge in [-0.3, -0.25) is 4.79 Å². The van der Waals surface area contributed by atoms with Gasteiger partial charge in [0.25, 0.3) is 0 Å². The highest BCUT2D eigenvalue weighted by molar-refractivity contribution is 8.14. The van der Waals surface area contributed by atoms with E-state index in [0.717, 1.165) is 23.4 Å². The van der Waals surface area contributed by atoms with Crippen LogP contribution in [0.15, 0.2) is 36.8 Å². The lowest BCUT2D eigenvalue weighted by Crippen LogP contribution is -2.05. The van der Waals surface area contributed by atoms with Crippen LogP contribution in [0.4, 0.5) is 0 Å². The summed E-state index contributed by atoms with van der Waals surface area (Å²) in [6.07, 6.45) is 4.86. The van der Waals surface area contributed by atoms with E-state index in [0.29, 0.717) is 5.69 Å². The van der Waals surface area contributed by atoms with Crippen LogP contribution in [0.1, 0.15) is 29.4 Å². The molecule has 0 bridgehead atoms. The lowest BCUT2D eigenvalue weighted by Gasteiger charge is -2.10. The molecule has 1 atom stereocenters. The van der Waals surface area contributed by atoms with Crippen LogP contribution in [0.2, 0.25) is 5.02 Å². The Kier molecular flexibility index (Phi) is 5.05. The van der Waals surface area contributed by atoms with Crippen molar-refractivity contribution in [3.05, 3.63) is 53.1 Å². The summed E-state index contributed by atoms with van der Waals surface area (Å²) in [5.41, 5.74) is 1.68. The second kappa shape index (κ2) is 6.78. The van der Waals surface area contributed by atoms with Crippen LogP contribution in [0.25, 0.3) is 0 Å². The molecule has 0 aliphatic heterocycles. The van der Waals surface area contributed by atoms with E-state index in [1.807, 2.05) is 24.3 Å². The van der Waals surface area contributed by atoms with Crippen LogP contribution in [-0.2, 0) is 6.42 Å². The molecule has 0 spiro atoms. The van der Waals surface area contributed by atoms with Gasteiger partial charge in [0, 0.05) is 10.3 Å². The Bertz CT molecular complexity index is 542. The number of benzene rings is 1. The second-order valence-electron chi connectivity index (χ2n) is 4.31. The monoisotopic (exact) mass is 294 g/mol. The van der Waals surface area contributed by atoms with Crippen LogP contribution in [-0.4, -0.2) is 20.3 Å². The molecule has 5 heteroatoms. The van der Waals surface area contributed by atoms with E-state index in [4.69, 9.17) is 11.6 Å². The zero-order valence-corrected chi connectivity index (χ0v) is 12.2. The lowest BCUT2D eigenvalue weighted by atomic mass is 10.1. The number of H-pyrrole nitrogens is 1. The molecule has 0 radical (unpaired) electrons. The Hall–Kier alpha value is -1.26. The molecule has 0 amide bonds. The summed E-state index contributed by atoms with van der Waals surface area (Å²) in [6, 6.07) is 7.82. The Morgan fingerprint density at radius 3 is 2.95 bits per heavy atom. The number of nitrogens with zero attached hydrogens (tertiary/aromatic N) is 1. The van der Waals surface area contributed by atoms with E-state index in [-0.39, 0.29) is 10.4 Å². The molecule has 1 heterocycles. The first-order chi connectivity index (χ1) is 9.16. The topological polar surface area (TPSA) is 45.8 Å². The molecule has 0 saturated heterocycles. The molecule has 1 unspecified atom stereocenters. The molecular weight excluding hydrogens is 280 g/mol. The highest BCUT2D eigenvalue weighted by Crippen LogP contribution is 2.23. The molecule has 1 aromatic carbocycles. The molecule has 0 saturated carbocycles. The molecule has 100 valence electrons. The van der Waals surface area contributed by atoms with Crippen molar-refractivity contribution in [3.63, 3.8) is 0 Å². The van der Waals surface area contributed by atoms with E-state index < -0.39 is 0 Å².